The monoisotopic (exact) mass is 345 g/mol. The molecule has 5 atom stereocenters. The van der Waals surface area contributed by atoms with Crippen LogP contribution in [0.15, 0.2) is 4.99 Å². The van der Waals surface area contributed by atoms with Gasteiger partial charge < -0.3 is 5.32 Å². The summed E-state index contributed by atoms with van der Waals surface area (Å²) in [5, 5.41) is 5.93. The number of nitrogens with zero attached hydrogens (tertiary/aromatic N) is 1. The summed E-state index contributed by atoms with van der Waals surface area (Å²) in [7, 11) is 0. The fourth-order valence-corrected chi connectivity index (χ4v) is 2.92. The molecule has 1 aliphatic heterocycles. The van der Waals surface area contributed by atoms with Crippen molar-refractivity contribution in [3.63, 3.8) is 0 Å². The van der Waals surface area contributed by atoms with Gasteiger partial charge in [0.15, 0.2) is 5.96 Å². The smallest absolute Gasteiger partial charge is 0.229 e. The van der Waals surface area contributed by atoms with Crippen molar-refractivity contribution in [2.45, 2.75) is 83.5 Å². The Morgan fingerprint density at radius 3 is 2.38 bits per heavy atom. The first kappa shape index (κ1) is 19.1. The number of carbonyl (C=O) groups is 1. The van der Waals surface area contributed by atoms with Crippen molar-refractivity contribution in [1.82, 2.24) is 21.5 Å². The minimum atomic E-state index is -1.56. The minimum absolute atomic E-state index is 0.0733. The van der Waals surface area contributed by atoms with Gasteiger partial charge in [-0.3, -0.25) is 15.5 Å². The first-order valence-corrected chi connectivity index (χ1v) is 8.60. The molecule has 5 unspecified atom stereocenters. The van der Waals surface area contributed by atoms with E-state index in [9.17, 15) is 13.6 Å². The van der Waals surface area contributed by atoms with Crippen molar-refractivity contribution in [2.24, 2.45) is 10.9 Å². The summed E-state index contributed by atoms with van der Waals surface area (Å²) in [5.41, 5.74) is 5.84. The highest BCUT2D eigenvalue weighted by atomic mass is 19.2. The zero-order chi connectivity index (χ0) is 17.9. The third-order valence-electron chi connectivity index (χ3n) is 4.16. The highest BCUT2D eigenvalue weighted by Gasteiger charge is 2.34. The summed E-state index contributed by atoms with van der Waals surface area (Å²) in [4.78, 5) is 16.9. The molecule has 0 aromatic rings. The third-order valence-corrected chi connectivity index (χ3v) is 4.16. The Hall–Kier alpha value is -1.28. The molecule has 24 heavy (non-hydrogen) atoms. The number of guanidine groups is 1. The average Bonchev–Trinajstić information content (AvgIpc) is 2.85. The number of carbonyl (C=O) groups excluding carboxylic acids is 1. The van der Waals surface area contributed by atoms with E-state index in [0.29, 0.717) is 12.4 Å². The lowest BCUT2D eigenvalue weighted by Crippen LogP contribution is -2.52. The number of hydrogen-bond acceptors (Lipinski definition) is 4. The maximum atomic E-state index is 13.5. The van der Waals surface area contributed by atoms with Crippen LogP contribution in [-0.4, -0.2) is 42.0 Å². The number of hydrogen-bond donors (Lipinski definition) is 4. The van der Waals surface area contributed by atoms with Crippen molar-refractivity contribution in [3.8, 4) is 0 Å². The largest absolute Gasteiger partial charge is 0.351 e. The van der Waals surface area contributed by atoms with Gasteiger partial charge in [0.05, 0.1) is 0 Å². The predicted octanol–water partition coefficient (Wildman–Crippen LogP) is 1.54. The average molecular weight is 345 g/mol. The van der Waals surface area contributed by atoms with Gasteiger partial charge in [-0.1, -0.05) is 0 Å². The lowest BCUT2D eigenvalue weighted by Gasteiger charge is -2.28. The van der Waals surface area contributed by atoms with Crippen LogP contribution in [0.1, 0.15) is 53.4 Å². The van der Waals surface area contributed by atoms with E-state index in [-0.39, 0.29) is 36.5 Å². The second-order valence-electron chi connectivity index (χ2n) is 7.83. The van der Waals surface area contributed by atoms with Gasteiger partial charge in [0, 0.05) is 23.9 Å². The Morgan fingerprint density at radius 2 is 1.83 bits per heavy atom. The summed E-state index contributed by atoms with van der Waals surface area (Å²) < 4.78 is 26.8. The molecule has 0 spiro atoms. The minimum Gasteiger partial charge on any atom is -0.351 e. The molecule has 0 bridgehead atoms. The molecule has 2 fully saturated rings. The summed E-state index contributed by atoms with van der Waals surface area (Å²) in [6.45, 7) is 7.92. The van der Waals surface area contributed by atoms with Crippen molar-refractivity contribution in [1.29, 1.82) is 0 Å². The molecule has 0 radical (unpaired) electrons. The van der Waals surface area contributed by atoms with Crippen molar-refractivity contribution in [2.75, 3.05) is 0 Å². The number of amides is 1. The van der Waals surface area contributed by atoms with Crippen molar-refractivity contribution in [3.05, 3.63) is 0 Å². The maximum absolute atomic E-state index is 13.5. The van der Waals surface area contributed by atoms with Crippen molar-refractivity contribution < 1.29 is 13.6 Å². The highest BCUT2D eigenvalue weighted by molar-refractivity contribution is 5.98. The van der Waals surface area contributed by atoms with Gasteiger partial charge in [-0.2, -0.15) is 0 Å². The molecule has 1 aliphatic carbocycles. The number of nitrogens with one attached hydrogen (secondary N) is 4. The van der Waals surface area contributed by atoms with Gasteiger partial charge >= 0.3 is 0 Å². The fourth-order valence-electron chi connectivity index (χ4n) is 2.92. The molecule has 0 aromatic heterocycles. The van der Waals surface area contributed by atoms with E-state index in [4.69, 9.17) is 0 Å². The Morgan fingerprint density at radius 1 is 1.12 bits per heavy atom. The number of alkyl halides is 2. The van der Waals surface area contributed by atoms with E-state index in [1.54, 1.807) is 0 Å². The van der Waals surface area contributed by atoms with E-state index in [1.165, 1.54) is 0 Å². The van der Waals surface area contributed by atoms with Crippen LogP contribution >= 0.6 is 0 Å². The first-order valence-electron chi connectivity index (χ1n) is 8.60. The lowest BCUT2D eigenvalue weighted by atomic mass is 9.86. The summed E-state index contributed by atoms with van der Waals surface area (Å²) in [5.74, 6) is -0.467. The van der Waals surface area contributed by atoms with Crippen LogP contribution < -0.4 is 21.5 Å². The molecule has 1 amide bonds. The Kier molecular flexibility index (Phi) is 6.14. The summed E-state index contributed by atoms with van der Waals surface area (Å²) in [6.07, 6.45) is -2.00. The molecular weight excluding hydrogens is 316 g/mol. The number of aliphatic imine (C=N–C) groups is 1. The first-order chi connectivity index (χ1) is 11.1. The van der Waals surface area contributed by atoms with Crippen LogP contribution in [0.2, 0.25) is 0 Å². The van der Waals surface area contributed by atoms with E-state index in [1.807, 2.05) is 27.7 Å². The van der Waals surface area contributed by atoms with E-state index in [0.717, 1.165) is 6.42 Å². The standard InChI is InChI=1S/C16H29F2N5O/c1-9-7-13(23-22-9)19-15(21-16(2,3)4)20-14(24)10-5-6-11(17)12(18)8-10/h9-13,22-23H,5-8H2,1-4H3,(H2,19,20,21,24). The second kappa shape index (κ2) is 7.74. The van der Waals surface area contributed by atoms with Gasteiger partial charge in [0.25, 0.3) is 0 Å². The van der Waals surface area contributed by atoms with E-state index >= 15 is 0 Å². The van der Waals surface area contributed by atoms with Gasteiger partial charge in [0.1, 0.15) is 18.5 Å². The predicted molar refractivity (Wildman–Crippen MR) is 89.7 cm³/mol. The summed E-state index contributed by atoms with van der Waals surface area (Å²) in [6, 6.07) is 0.289. The van der Waals surface area contributed by atoms with E-state index < -0.39 is 18.3 Å². The zero-order valence-electron chi connectivity index (χ0n) is 14.8. The van der Waals surface area contributed by atoms with Crippen molar-refractivity contribution >= 4 is 11.9 Å². The van der Waals surface area contributed by atoms with Crippen LogP contribution in [0.25, 0.3) is 0 Å². The van der Waals surface area contributed by atoms with Crippen LogP contribution in [-0.2, 0) is 4.79 Å². The molecule has 6 nitrogen and oxygen atoms in total. The molecule has 1 heterocycles. The maximum Gasteiger partial charge on any atom is 0.229 e. The van der Waals surface area contributed by atoms with Gasteiger partial charge in [-0.15, -0.1) is 0 Å². The topological polar surface area (TPSA) is 77.5 Å². The number of hydrazine groups is 1. The van der Waals surface area contributed by atoms with Gasteiger partial charge in [-0.05, 0) is 47.0 Å². The molecule has 8 heteroatoms. The van der Waals surface area contributed by atoms with Crippen LogP contribution in [0.3, 0.4) is 0 Å². The summed E-state index contributed by atoms with van der Waals surface area (Å²) >= 11 is 0. The quantitative estimate of drug-likeness (QED) is 0.452. The van der Waals surface area contributed by atoms with Gasteiger partial charge in [-0.25, -0.2) is 19.2 Å². The van der Waals surface area contributed by atoms with Crippen LogP contribution in [0.4, 0.5) is 8.78 Å². The Labute approximate surface area is 142 Å². The molecule has 2 rings (SSSR count). The van der Waals surface area contributed by atoms with Gasteiger partial charge in [0.2, 0.25) is 5.91 Å². The lowest BCUT2D eigenvalue weighted by molar-refractivity contribution is -0.125. The Bertz CT molecular complexity index is 480. The fraction of sp³-hybridized carbons (Fsp3) is 0.875. The molecule has 1 saturated carbocycles. The van der Waals surface area contributed by atoms with Crippen LogP contribution in [0.5, 0.6) is 0 Å². The number of halogens is 2. The molecule has 1 saturated heterocycles. The molecule has 138 valence electrons. The highest BCUT2D eigenvalue weighted by Crippen LogP contribution is 2.28. The molecule has 4 N–H and O–H groups in total. The molecule has 0 aromatic carbocycles. The molecule has 2 aliphatic rings. The Balaban J connectivity index is 2.01. The SMILES string of the molecule is CC1CC(/N=C(/NC(=O)C2CCC(F)C(F)C2)NC(C)(C)C)NN1. The number of rotatable bonds is 2. The second-order valence-corrected chi connectivity index (χ2v) is 7.83. The third kappa shape index (κ3) is 5.66. The molecular formula is C16H29F2N5O. The van der Waals surface area contributed by atoms with E-state index in [2.05, 4.69) is 26.5 Å². The normalized spacial score (nSPS) is 34.9. The van der Waals surface area contributed by atoms with Crippen LogP contribution in [0, 0.1) is 5.92 Å². The zero-order valence-corrected chi connectivity index (χ0v) is 14.8.